The van der Waals surface area contributed by atoms with Crippen molar-refractivity contribution in [1.82, 2.24) is 0 Å². The van der Waals surface area contributed by atoms with Gasteiger partial charge in [-0.1, -0.05) is 17.7 Å². The van der Waals surface area contributed by atoms with Gasteiger partial charge in [0.05, 0.1) is 13.2 Å². The predicted octanol–water partition coefficient (Wildman–Crippen LogP) is 4.04. The topological polar surface area (TPSA) is 35.5 Å². The number of rotatable bonds is 7. The maximum atomic E-state index is 11.8. The highest BCUT2D eigenvalue weighted by molar-refractivity contribution is 8.55. The van der Waals surface area contributed by atoms with Gasteiger partial charge in [-0.2, -0.15) is 0 Å². The van der Waals surface area contributed by atoms with Gasteiger partial charge in [-0.3, -0.25) is 0 Å². The van der Waals surface area contributed by atoms with E-state index in [0.717, 1.165) is 11.4 Å². The molecular weight excluding hydrogens is 243 g/mol. The van der Waals surface area contributed by atoms with E-state index in [4.69, 9.17) is 20.6 Å². The van der Waals surface area contributed by atoms with Crippen LogP contribution >= 0.6 is 29.8 Å². The zero-order chi connectivity index (χ0) is 11.0. The second-order valence-electron chi connectivity index (χ2n) is 2.37. The van der Waals surface area contributed by atoms with E-state index < -0.39 is 6.80 Å². The van der Waals surface area contributed by atoms with E-state index in [-0.39, 0.29) is 0 Å². The van der Waals surface area contributed by atoms with Crippen LogP contribution in [-0.2, 0) is 13.6 Å². The smallest absolute Gasteiger partial charge is 0.301 e. The number of allylic oxidation sites excluding steroid dienone is 1. The molecule has 0 aromatic carbocycles. The van der Waals surface area contributed by atoms with Gasteiger partial charge in [0, 0.05) is 10.8 Å². The molecule has 84 valence electrons. The summed E-state index contributed by atoms with van der Waals surface area (Å²) in [5.74, 6) is 0.534. The molecule has 0 aliphatic carbocycles. The van der Waals surface area contributed by atoms with Crippen LogP contribution in [0.2, 0.25) is 0 Å². The minimum Gasteiger partial charge on any atom is -0.301 e. The molecule has 0 fully saturated rings. The van der Waals surface area contributed by atoms with Gasteiger partial charge in [0.25, 0.3) is 0 Å². The molecule has 0 bridgehead atoms. The molecule has 0 saturated carbocycles. The van der Waals surface area contributed by atoms with E-state index in [2.05, 4.69) is 0 Å². The lowest BCUT2D eigenvalue weighted by molar-refractivity contribution is 0.237. The minimum atomic E-state index is -2.96. The maximum Gasteiger partial charge on any atom is 0.389 e. The molecule has 3 nitrogen and oxygen atoms in total. The summed E-state index contributed by atoms with van der Waals surface area (Å²) in [7, 11) is 0. The summed E-state index contributed by atoms with van der Waals surface area (Å²) in [6.45, 7) is 3.15. The summed E-state index contributed by atoms with van der Waals surface area (Å²) < 4.78 is 22.0. The standard InChI is InChI=1S/C8H16ClO3PS/c1-4-11-13(10,12-5-2)14-7-6-8(3)9/h6H,4-5,7H2,1-3H3/b8-6-. The Morgan fingerprint density at radius 3 is 2.29 bits per heavy atom. The molecule has 0 aliphatic heterocycles. The van der Waals surface area contributed by atoms with Crippen LogP contribution in [0.5, 0.6) is 0 Å². The normalized spacial score (nSPS) is 13.3. The lowest BCUT2D eigenvalue weighted by Gasteiger charge is -2.14. The molecule has 0 spiro atoms. The summed E-state index contributed by atoms with van der Waals surface area (Å²) in [5, 5.41) is 0.678. The first-order chi connectivity index (χ1) is 6.54. The van der Waals surface area contributed by atoms with E-state index in [1.165, 1.54) is 0 Å². The van der Waals surface area contributed by atoms with Crippen molar-refractivity contribution in [3.63, 3.8) is 0 Å². The average molecular weight is 259 g/mol. The lowest BCUT2D eigenvalue weighted by Crippen LogP contribution is -1.92. The van der Waals surface area contributed by atoms with Crippen LogP contribution in [-0.4, -0.2) is 19.0 Å². The fraction of sp³-hybridized carbons (Fsp3) is 0.750. The molecule has 0 saturated heterocycles. The molecule has 0 radical (unpaired) electrons. The highest BCUT2D eigenvalue weighted by Crippen LogP contribution is 2.60. The third-order valence-corrected chi connectivity index (χ3v) is 5.14. The molecule has 0 atom stereocenters. The van der Waals surface area contributed by atoms with Gasteiger partial charge in [-0.05, 0) is 32.2 Å². The fourth-order valence-corrected chi connectivity index (χ4v) is 4.05. The van der Waals surface area contributed by atoms with E-state index in [9.17, 15) is 4.57 Å². The molecule has 0 unspecified atom stereocenters. The molecule has 0 rings (SSSR count). The Morgan fingerprint density at radius 2 is 1.93 bits per heavy atom. The molecule has 0 aromatic rings. The van der Waals surface area contributed by atoms with E-state index in [1.807, 2.05) is 0 Å². The zero-order valence-electron chi connectivity index (χ0n) is 8.66. The Morgan fingerprint density at radius 1 is 1.43 bits per heavy atom. The van der Waals surface area contributed by atoms with Gasteiger partial charge < -0.3 is 9.05 Å². The first-order valence-corrected chi connectivity index (χ1v) is 7.91. The molecule has 0 aliphatic rings. The quantitative estimate of drug-likeness (QED) is 0.646. The molecule has 14 heavy (non-hydrogen) atoms. The SMILES string of the molecule is CCOP(=O)(OCC)SC/C=C(/C)Cl. The van der Waals surface area contributed by atoms with Crippen molar-refractivity contribution >= 4 is 29.8 Å². The van der Waals surface area contributed by atoms with Gasteiger partial charge in [0.15, 0.2) is 0 Å². The molecular formula is C8H16ClO3PS. The Hall–Kier alpha value is 0.530. The lowest BCUT2D eigenvalue weighted by atomic mass is 10.6. The molecule has 6 heteroatoms. The summed E-state index contributed by atoms with van der Waals surface area (Å²) >= 11 is 6.79. The van der Waals surface area contributed by atoms with Crippen LogP contribution in [0.3, 0.4) is 0 Å². The van der Waals surface area contributed by atoms with Crippen LogP contribution in [0, 0.1) is 0 Å². The summed E-state index contributed by atoms with van der Waals surface area (Å²) in [5.41, 5.74) is 0. The first-order valence-electron chi connectivity index (χ1n) is 4.40. The van der Waals surface area contributed by atoms with Gasteiger partial charge in [0.1, 0.15) is 0 Å². The minimum absolute atomic E-state index is 0.383. The largest absolute Gasteiger partial charge is 0.389 e. The highest BCUT2D eigenvalue weighted by Gasteiger charge is 2.23. The molecule has 0 aromatic heterocycles. The van der Waals surface area contributed by atoms with Gasteiger partial charge in [-0.25, -0.2) is 4.57 Å². The Bertz CT molecular complexity index is 219. The molecule has 0 amide bonds. The monoisotopic (exact) mass is 258 g/mol. The van der Waals surface area contributed by atoms with E-state index in [1.54, 1.807) is 26.8 Å². The molecule has 0 heterocycles. The Kier molecular flexibility index (Phi) is 8.07. The summed E-state index contributed by atoms with van der Waals surface area (Å²) in [4.78, 5) is 0. The molecule has 0 N–H and O–H groups in total. The summed E-state index contributed by atoms with van der Waals surface area (Å²) in [6.07, 6.45) is 1.77. The fourth-order valence-electron chi connectivity index (χ4n) is 0.671. The van der Waals surface area contributed by atoms with Crippen molar-refractivity contribution in [2.24, 2.45) is 0 Å². The van der Waals surface area contributed by atoms with Crippen LogP contribution in [0.1, 0.15) is 20.8 Å². The maximum absolute atomic E-state index is 11.8. The van der Waals surface area contributed by atoms with Crippen molar-refractivity contribution in [2.45, 2.75) is 20.8 Å². The number of hydrogen-bond donors (Lipinski definition) is 0. The van der Waals surface area contributed by atoms with Crippen molar-refractivity contribution < 1.29 is 13.6 Å². The first kappa shape index (κ1) is 14.5. The Balaban J connectivity index is 4.09. The van der Waals surface area contributed by atoms with Crippen molar-refractivity contribution in [3.8, 4) is 0 Å². The number of halogens is 1. The van der Waals surface area contributed by atoms with Crippen LogP contribution in [0.15, 0.2) is 11.1 Å². The Labute approximate surface area is 94.5 Å². The van der Waals surface area contributed by atoms with E-state index in [0.29, 0.717) is 24.0 Å². The van der Waals surface area contributed by atoms with Gasteiger partial charge in [0.2, 0.25) is 0 Å². The second-order valence-corrected chi connectivity index (χ2v) is 7.08. The van der Waals surface area contributed by atoms with Crippen LogP contribution < -0.4 is 0 Å². The third kappa shape index (κ3) is 6.91. The zero-order valence-corrected chi connectivity index (χ0v) is 11.1. The van der Waals surface area contributed by atoms with Gasteiger partial charge >= 0.3 is 6.80 Å². The van der Waals surface area contributed by atoms with Crippen molar-refractivity contribution in [3.05, 3.63) is 11.1 Å². The predicted molar refractivity (Wildman–Crippen MR) is 62.9 cm³/mol. The van der Waals surface area contributed by atoms with Gasteiger partial charge in [-0.15, -0.1) is 0 Å². The second kappa shape index (κ2) is 7.77. The van der Waals surface area contributed by atoms with Crippen molar-refractivity contribution in [1.29, 1.82) is 0 Å². The van der Waals surface area contributed by atoms with Crippen LogP contribution in [0.4, 0.5) is 0 Å². The third-order valence-electron chi connectivity index (χ3n) is 1.17. The number of hydrogen-bond acceptors (Lipinski definition) is 4. The highest BCUT2D eigenvalue weighted by atomic mass is 35.5. The van der Waals surface area contributed by atoms with Crippen LogP contribution in [0.25, 0.3) is 0 Å². The van der Waals surface area contributed by atoms with Crippen molar-refractivity contribution in [2.75, 3.05) is 19.0 Å². The average Bonchev–Trinajstić information content (AvgIpc) is 2.03. The summed E-state index contributed by atoms with van der Waals surface area (Å²) in [6, 6.07) is 0. The van der Waals surface area contributed by atoms with E-state index >= 15 is 0 Å².